The van der Waals surface area contributed by atoms with Crippen LogP contribution in [-0.4, -0.2) is 21.0 Å². The lowest BCUT2D eigenvalue weighted by molar-refractivity contribution is 0.0813. The number of carbonyl (C=O) groups excluding carboxylic acids is 2. The average Bonchev–Trinajstić information content (AvgIpc) is 2.89. The number of imidazole rings is 1. The molecule has 0 saturated carbocycles. The molecule has 3 rings (SSSR count). The Hall–Kier alpha value is -2.75. The second-order valence-corrected chi connectivity index (χ2v) is 4.60. The fourth-order valence-electron chi connectivity index (χ4n) is 2.09. The number of hydrogen-bond acceptors (Lipinski definition) is 3. The van der Waals surface area contributed by atoms with Gasteiger partial charge in [-0.05, 0) is 18.6 Å². The highest BCUT2D eigenvalue weighted by Crippen LogP contribution is 2.12. The van der Waals surface area contributed by atoms with Gasteiger partial charge in [0, 0.05) is 11.8 Å². The molecule has 0 aliphatic heterocycles. The Balaban J connectivity index is 2.05. The number of aromatic nitrogens is 2. The molecule has 2 aromatic heterocycles. The van der Waals surface area contributed by atoms with Crippen molar-refractivity contribution in [1.82, 2.24) is 9.38 Å². The Morgan fingerprint density at radius 3 is 2.50 bits per heavy atom. The second kappa shape index (κ2) is 4.74. The van der Waals surface area contributed by atoms with Gasteiger partial charge >= 0.3 is 0 Å². The van der Waals surface area contributed by atoms with Crippen molar-refractivity contribution in [2.75, 3.05) is 0 Å². The molecule has 0 bridgehead atoms. The zero-order valence-corrected chi connectivity index (χ0v) is 10.9. The molecule has 0 aliphatic rings. The third-order valence-electron chi connectivity index (χ3n) is 3.13. The molecule has 0 amide bonds. The molecule has 0 spiro atoms. The van der Waals surface area contributed by atoms with Crippen LogP contribution in [0.1, 0.15) is 26.4 Å². The van der Waals surface area contributed by atoms with Gasteiger partial charge in [-0.15, -0.1) is 0 Å². The lowest BCUT2D eigenvalue weighted by atomic mass is 10.1. The van der Waals surface area contributed by atoms with Crippen molar-refractivity contribution >= 4 is 17.2 Å². The first-order valence-corrected chi connectivity index (χ1v) is 6.24. The normalized spacial score (nSPS) is 10.7. The first-order valence-electron chi connectivity index (χ1n) is 6.24. The predicted octanol–water partition coefficient (Wildman–Crippen LogP) is 2.71. The van der Waals surface area contributed by atoms with E-state index < -0.39 is 11.6 Å². The molecule has 0 N–H and O–H groups in total. The molecule has 2 heterocycles. The molecule has 1 aromatic carbocycles. The third kappa shape index (κ3) is 2.01. The molecule has 0 aliphatic carbocycles. The number of fused-ring (bicyclic) bond motifs is 1. The minimum Gasteiger partial charge on any atom is -0.296 e. The van der Waals surface area contributed by atoms with E-state index in [1.807, 2.05) is 19.1 Å². The van der Waals surface area contributed by atoms with Gasteiger partial charge in [0.15, 0.2) is 0 Å². The fourth-order valence-corrected chi connectivity index (χ4v) is 2.09. The van der Waals surface area contributed by atoms with Crippen molar-refractivity contribution < 1.29 is 9.59 Å². The molecule has 0 unspecified atom stereocenters. The van der Waals surface area contributed by atoms with Gasteiger partial charge in [-0.1, -0.05) is 36.4 Å². The van der Waals surface area contributed by atoms with Gasteiger partial charge in [-0.25, -0.2) is 4.98 Å². The summed E-state index contributed by atoms with van der Waals surface area (Å²) in [5.41, 5.74) is 2.33. The van der Waals surface area contributed by atoms with E-state index in [0.29, 0.717) is 11.2 Å². The number of pyridine rings is 1. The summed E-state index contributed by atoms with van der Waals surface area (Å²) in [7, 11) is 0. The maximum Gasteiger partial charge on any atom is 0.251 e. The monoisotopic (exact) mass is 264 g/mol. The van der Waals surface area contributed by atoms with Crippen LogP contribution in [0.5, 0.6) is 0 Å². The number of nitrogens with zero attached hydrogens (tertiary/aromatic N) is 2. The molecule has 20 heavy (non-hydrogen) atoms. The second-order valence-electron chi connectivity index (χ2n) is 4.60. The summed E-state index contributed by atoms with van der Waals surface area (Å²) in [5, 5.41) is 0. The maximum atomic E-state index is 12.3. The summed E-state index contributed by atoms with van der Waals surface area (Å²) in [6, 6.07) is 12.3. The van der Waals surface area contributed by atoms with Gasteiger partial charge in [-0.2, -0.15) is 0 Å². The SMILES string of the molecule is Cc1ccc2ncc(C(=O)C(=O)c3ccccc3)n2c1. The number of carbonyl (C=O) groups is 2. The van der Waals surface area contributed by atoms with Crippen LogP contribution in [0.3, 0.4) is 0 Å². The standard InChI is InChI=1S/C16H12N2O2/c1-11-7-8-14-17-9-13(18(14)10-11)16(20)15(19)12-5-3-2-4-6-12/h2-10H,1H3. The fraction of sp³-hybridized carbons (Fsp3) is 0.0625. The van der Waals surface area contributed by atoms with E-state index >= 15 is 0 Å². The molecular weight excluding hydrogens is 252 g/mol. The summed E-state index contributed by atoms with van der Waals surface area (Å²) in [6.07, 6.45) is 3.24. The van der Waals surface area contributed by atoms with Crippen molar-refractivity contribution in [3.63, 3.8) is 0 Å². The Morgan fingerprint density at radius 1 is 1.00 bits per heavy atom. The highest BCUT2D eigenvalue weighted by molar-refractivity contribution is 6.48. The van der Waals surface area contributed by atoms with E-state index in [1.54, 1.807) is 40.9 Å². The van der Waals surface area contributed by atoms with Crippen LogP contribution >= 0.6 is 0 Å². The largest absolute Gasteiger partial charge is 0.296 e. The lowest BCUT2D eigenvalue weighted by Crippen LogP contribution is -2.16. The minimum absolute atomic E-state index is 0.289. The van der Waals surface area contributed by atoms with Crippen molar-refractivity contribution in [2.24, 2.45) is 0 Å². The van der Waals surface area contributed by atoms with E-state index in [2.05, 4.69) is 4.98 Å². The average molecular weight is 264 g/mol. The van der Waals surface area contributed by atoms with Gasteiger partial charge in [0.05, 0.1) is 6.20 Å². The molecule has 98 valence electrons. The summed E-state index contributed by atoms with van der Waals surface area (Å²) in [5.74, 6) is -1.07. The van der Waals surface area contributed by atoms with Crippen molar-refractivity contribution in [1.29, 1.82) is 0 Å². The number of hydrogen-bond donors (Lipinski definition) is 0. The number of benzene rings is 1. The molecule has 3 aromatic rings. The van der Waals surface area contributed by atoms with E-state index in [-0.39, 0.29) is 5.69 Å². The van der Waals surface area contributed by atoms with Gasteiger partial charge in [-0.3, -0.25) is 14.0 Å². The van der Waals surface area contributed by atoms with E-state index in [0.717, 1.165) is 5.56 Å². The zero-order valence-electron chi connectivity index (χ0n) is 10.9. The van der Waals surface area contributed by atoms with Crippen LogP contribution in [0.25, 0.3) is 5.65 Å². The number of Topliss-reactive ketones (excluding diaryl/α,β-unsaturated/α-hetero) is 2. The van der Waals surface area contributed by atoms with Crippen molar-refractivity contribution in [3.8, 4) is 0 Å². The van der Waals surface area contributed by atoms with Crippen LogP contribution in [0, 0.1) is 6.92 Å². The molecule has 0 saturated heterocycles. The first-order chi connectivity index (χ1) is 9.66. The maximum absolute atomic E-state index is 12.3. The highest BCUT2D eigenvalue weighted by Gasteiger charge is 2.21. The molecule has 4 heteroatoms. The minimum atomic E-state index is -0.547. The van der Waals surface area contributed by atoms with Gasteiger partial charge < -0.3 is 0 Å². The summed E-state index contributed by atoms with van der Waals surface area (Å²) in [6.45, 7) is 1.92. The highest BCUT2D eigenvalue weighted by atomic mass is 16.2. The molecule has 4 nitrogen and oxygen atoms in total. The Labute approximate surface area is 115 Å². The summed E-state index contributed by atoms with van der Waals surface area (Å²) in [4.78, 5) is 28.6. The topological polar surface area (TPSA) is 51.4 Å². The molecule has 0 fully saturated rings. The molecule has 0 atom stereocenters. The Bertz CT molecular complexity index is 804. The lowest BCUT2D eigenvalue weighted by Gasteiger charge is -2.02. The number of aryl methyl sites for hydroxylation is 1. The van der Waals surface area contributed by atoms with E-state index in [9.17, 15) is 9.59 Å². The molecular formula is C16H12N2O2. The van der Waals surface area contributed by atoms with Crippen LogP contribution < -0.4 is 0 Å². The first kappa shape index (κ1) is 12.3. The zero-order chi connectivity index (χ0) is 14.1. The number of rotatable bonds is 3. The third-order valence-corrected chi connectivity index (χ3v) is 3.13. The van der Waals surface area contributed by atoms with Crippen LogP contribution in [0.15, 0.2) is 54.9 Å². The van der Waals surface area contributed by atoms with Gasteiger partial charge in [0.25, 0.3) is 5.78 Å². The van der Waals surface area contributed by atoms with Crippen LogP contribution in [0.2, 0.25) is 0 Å². The van der Waals surface area contributed by atoms with E-state index in [1.165, 1.54) is 6.20 Å². The predicted molar refractivity (Wildman–Crippen MR) is 75.0 cm³/mol. The van der Waals surface area contributed by atoms with Crippen molar-refractivity contribution in [2.45, 2.75) is 6.92 Å². The van der Waals surface area contributed by atoms with Gasteiger partial charge in [0.2, 0.25) is 5.78 Å². The quantitative estimate of drug-likeness (QED) is 0.540. The van der Waals surface area contributed by atoms with E-state index in [4.69, 9.17) is 0 Å². The van der Waals surface area contributed by atoms with Crippen molar-refractivity contribution in [3.05, 3.63) is 71.7 Å². The Kier molecular flexibility index (Phi) is 2.91. The Morgan fingerprint density at radius 2 is 1.75 bits per heavy atom. The summed E-state index contributed by atoms with van der Waals surface area (Å²) >= 11 is 0. The van der Waals surface area contributed by atoms with Gasteiger partial charge in [0.1, 0.15) is 11.3 Å². The summed E-state index contributed by atoms with van der Waals surface area (Å²) < 4.78 is 1.65. The molecule has 0 radical (unpaired) electrons. The number of ketones is 2. The van der Waals surface area contributed by atoms with Crippen LogP contribution in [0.4, 0.5) is 0 Å². The smallest absolute Gasteiger partial charge is 0.251 e. The van der Waals surface area contributed by atoms with Crippen LogP contribution in [-0.2, 0) is 0 Å².